The van der Waals surface area contributed by atoms with Crippen LogP contribution in [0.15, 0.2) is 16.6 Å². The molecule has 0 aliphatic carbocycles. The van der Waals surface area contributed by atoms with Gasteiger partial charge in [0.15, 0.2) is 0 Å². The molecule has 0 fully saturated rings. The second-order valence-electron chi connectivity index (χ2n) is 4.74. The zero-order chi connectivity index (χ0) is 13.8. The van der Waals surface area contributed by atoms with Gasteiger partial charge in [0.05, 0.1) is 11.6 Å². The van der Waals surface area contributed by atoms with Crippen LogP contribution < -0.4 is 10.5 Å². The Labute approximate surface area is 128 Å². The van der Waals surface area contributed by atoms with Crippen molar-refractivity contribution in [3.8, 4) is 5.75 Å². The van der Waals surface area contributed by atoms with Crippen LogP contribution in [0.2, 0.25) is 0 Å². The summed E-state index contributed by atoms with van der Waals surface area (Å²) in [6.07, 6.45) is 1.76. The minimum atomic E-state index is 0.578. The van der Waals surface area contributed by atoms with Crippen LogP contribution in [0, 0.1) is 0 Å². The Balaban J connectivity index is 2.11. The molecule has 0 amide bonds. The van der Waals surface area contributed by atoms with Crippen molar-refractivity contribution in [1.29, 1.82) is 0 Å². The van der Waals surface area contributed by atoms with E-state index in [1.165, 1.54) is 11.1 Å². The van der Waals surface area contributed by atoms with E-state index in [0.717, 1.165) is 49.3 Å². The van der Waals surface area contributed by atoms with Gasteiger partial charge in [-0.1, -0.05) is 35.1 Å². The number of nitrogens with zero attached hydrogens (tertiary/aromatic N) is 1. The SMILES string of the molecule is CCN(CCC(N)=S)Cc1cc(Br)cc2c1OCC2. The first-order chi connectivity index (χ1) is 9.10. The first-order valence-corrected chi connectivity index (χ1v) is 7.75. The van der Waals surface area contributed by atoms with Crippen molar-refractivity contribution < 1.29 is 4.74 Å². The molecule has 1 aromatic rings. The molecule has 0 bridgehead atoms. The number of thiocarbonyl (C=S) groups is 1. The number of benzene rings is 1. The number of hydrogen-bond acceptors (Lipinski definition) is 3. The lowest BCUT2D eigenvalue weighted by atomic mass is 10.1. The highest BCUT2D eigenvalue weighted by molar-refractivity contribution is 9.10. The van der Waals surface area contributed by atoms with Crippen LogP contribution in [-0.4, -0.2) is 29.6 Å². The van der Waals surface area contributed by atoms with Crippen LogP contribution in [0.5, 0.6) is 5.75 Å². The average Bonchev–Trinajstić information content (AvgIpc) is 2.81. The summed E-state index contributed by atoms with van der Waals surface area (Å²) < 4.78 is 6.88. The predicted molar refractivity (Wildman–Crippen MR) is 85.7 cm³/mol. The second-order valence-corrected chi connectivity index (χ2v) is 6.18. The van der Waals surface area contributed by atoms with E-state index in [4.69, 9.17) is 22.7 Å². The molecule has 1 heterocycles. The van der Waals surface area contributed by atoms with Crippen molar-refractivity contribution in [1.82, 2.24) is 4.90 Å². The van der Waals surface area contributed by atoms with Gasteiger partial charge in [0.1, 0.15) is 5.75 Å². The van der Waals surface area contributed by atoms with Gasteiger partial charge >= 0.3 is 0 Å². The second kappa shape index (κ2) is 6.68. The Morgan fingerprint density at radius 2 is 2.32 bits per heavy atom. The van der Waals surface area contributed by atoms with Crippen molar-refractivity contribution in [3.05, 3.63) is 27.7 Å². The smallest absolute Gasteiger partial charge is 0.127 e. The summed E-state index contributed by atoms with van der Waals surface area (Å²) in [5.74, 6) is 1.07. The van der Waals surface area contributed by atoms with Crippen LogP contribution in [0.3, 0.4) is 0 Å². The lowest BCUT2D eigenvalue weighted by Gasteiger charge is -2.21. The fourth-order valence-corrected chi connectivity index (χ4v) is 2.97. The van der Waals surface area contributed by atoms with Gasteiger partial charge < -0.3 is 10.5 Å². The third-order valence-corrected chi connectivity index (χ3v) is 4.00. The average molecular weight is 343 g/mol. The van der Waals surface area contributed by atoms with E-state index in [1.807, 2.05) is 0 Å². The van der Waals surface area contributed by atoms with E-state index in [-0.39, 0.29) is 0 Å². The summed E-state index contributed by atoms with van der Waals surface area (Å²) in [6.45, 7) is 5.69. The molecule has 19 heavy (non-hydrogen) atoms. The maximum Gasteiger partial charge on any atom is 0.127 e. The van der Waals surface area contributed by atoms with Gasteiger partial charge in [0.2, 0.25) is 0 Å². The molecule has 0 unspecified atom stereocenters. The quantitative estimate of drug-likeness (QED) is 0.806. The van der Waals surface area contributed by atoms with Gasteiger partial charge in [-0.3, -0.25) is 4.90 Å². The molecule has 0 radical (unpaired) electrons. The molecular formula is C14H19BrN2OS. The van der Waals surface area contributed by atoms with E-state index in [1.54, 1.807) is 0 Å². The molecule has 104 valence electrons. The van der Waals surface area contributed by atoms with Gasteiger partial charge in [0, 0.05) is 36.0 Å². The van der Waals surface area contributed by atoms with Crippen LogP contribution >= 0.6 is 28.1 Å². The number of hydrogen-bond donors (Lipinski definition) is 1. The van der Waals surface area contributed by atoms with Gasteiger partial charge in [-0.25, -0.2) is 0 Å². The largest absolute Gasteiger partial charge is 0.493 e. The third-order valence-electron chi connectivity index (χ3n) is 3.34. The summed E-state index contributed by atoms with van der Waals surface area (Å²) in [5.41, 5.74) is 8.12. The highest BCUT2D eigenvalue weighted by Crippen LogP contribution is 2.33. The van der Waals surface area contributed by atoms with Gasteiger partial charge in [-0.05, 0) is 24.2 Å². The molecule has 1 aromatic carbocycles. The van der Waals surface area contributed by atoms with Crippen LogP contribution in [0.4, 0.5) is 0 Å². The number of nitrogens with two attached hydrogens (primary N) is 1. The maximum absolute atomic E-state index is 5.76. The number of ether oxygens (including phenoxy) is 1. The Kier molecular flexibility index (Phi) is 5.19. The minimum Gasteiger partial charge on any atom is -0.493 e. The molecule has 0 atom stereocenters. The van der Waals surface area contributed by atoms with Crippen LogP contribution in [0.1, 0.15) is 24.5 Å². The van der Waals surface area contributed by atoms with Crippen molar-refractivity contribution in [3.63, 3.8) is 0 Å². The number of rotatable bonds is 6. The fraction of sp³-hybridized carbons (Fsp3) is 0.500. The molecule has 2 N–H and O–H groups in total. The van der Waals surface area contributed by atoms with Crippen molar-refractivity contribution in [2.75, 3.05) is 19.7 Å². The topological polar surface area (TPSA) is 38.5 Å². The summed E-state index contributed by atoms with van der Waals surface area (Å²) in [4.78, 5) is 2.91. The predicted octanol–water partition coefficient (Wildman–Crippen LogP) is 2.88. The van der Waals surface area contributed by atoms with Crippen molar-refractivity contribution >= 4 is 33.1 Å². The maximum atomic E-state index is 5.76. The first-order valence-electron chi connectivity index (χ1n) is 6.55. The monoisotopic (exact) mass is 342 g/mol. The molecule has 2 rings (SSSR count). The summed E-state index contributed by atoms with van der Waals surface area (Å²) in [6, 6.07) is 4.30. The highest BCUT2D eigenvalue weighted by Gasteiger charge is 2.18. The van der Waals surface area contributed by atoms with E-state index >= 15 is 0 Å². The Morgan fingerprint density at radius 3 is 3.00 bits per heavy atom. The molecule has 3 nitrogen and oxygen atoms in total. The van der Waals surface area contributed by atoms with Gasteiger partial charge in [-0.2, -0.15) is 0 Å². The molecule has 0 saturated carbocycles. The Bertz CT molecular complexity index is 479. The normalized spacial score (nSPS) is 13.4. The lowest BCUT2D eigenvalue weighted by Crippen LogP contribution is -2.27. The molecule has 0 saturated heterocycles. The molecule has 0 spiro atoms. The fourth-order valence-electron chi connectivity index (χ4n) is 2.32. The molecule has 1 aliphatic heterocycles. The third kappa shape index (κ3) is 3.91. The zero-order valence-electron chi connectivity index (χ0n) is 11.1. The number of fused-ring (bicyclic) bond motifs is 1. The van der Waals surface area contributed by atoms with E-state index in [9.17, 15) is 0 Å². The van der Waals surface area contributed by atoms with Crippen LogP contribution in [0.25, 0.3) is 0 Å². The zero-order valence-corrected chi connectivity index (χ0v) is 13.5. The molecular weight excluding hydrogens is 324 g/mol. The van der Waals surface area contributed by atoms with Gasteiger partial charge in [-0.15, -0.1) is 0 Å². The summed E-state index contributed by atoms with van der Waals surface area (Å²) in [7, 11) is 0. The summed E-state index contributed by atoms with van der Waals surface area (Å²) in [5, 5.41) is 0. The first kappa shape index (κ1) is 14.8. The molecule has 0 aromatic heterocycles. The Hall–Kier alpha value is -0.650. The number of halogens is 1. The van der Waals surface area contributed by atoms with Gasteiger partial charge in [0.25, 0.3) is 0 Å². The van der Waals surface area contributed by atoms with Crippen molar-refractivity contribution in [2.45, 2.75) is 26.3 Å². The van der Waals surface area contributed by atoms with E-state index in [2.05, 4.69) is 39.9 Å². The minimum absolute atomic E-state index is 0.578. The van der Waals surface area contributed by atoms with E-state index in [0.29, 0.717) is 4.99 Å². The van der Waals surface area contributed by atoms with Crippen molar-refractivity contribution in [2.24, 2.45) is 5.73 Å². The summed E-state index contributed by atoms with van der Waals surface area (Å²) >= 11 is 8.52. The molecule has 1 aliphatic rings. The lowest BCUT2D eigenvalue weighted by molar-refractivity contribution is 0.280. The standard InChI is InChI=1S/C14H19BrN2OS/c1-2-17(5-3-13(16)19)9-11-8-12(15)7-10-4-6-18-14(10)11/h7-8H,2-6,9H2,1H3,(H2,16,19). The highest BCUT2D eigenvalue weighted by atomic mass is 79.9. The van der Waals surface area contributed by atoms with E-state index < -0.39 is 0 Å². The Morgan fingerprint density at radius 1 is 1.53 bits per heavy atom. The molecule has 5 heteroatoms. The van der Waals surface area contributed by atoms with Crippen LogP contribution in [-0.2, 0) is 13.0 Å².